The van der Waals surface area contributed by atoms with Gasteiger partial charge in [-0.25, -0.2) is 18.7 Å². The molecule has 2 atom stereocenters. The molecule has 3 fully saturated rings. The molecule has 4 heterocycles. The maximum absolute atomic E-state index is 13.3. The highest BCUT2D eigenvalue weighted by atomic mass is 32.1. The van der Waals surface area contributed by atoms with Gasteiger partial charge in [0.1, 0.15) is 11.4 Å². The minimum atomic E-state index is -2.82. The van der Waals surface area contributed by atoms with Gasteiger partial charge in [-0.15, -0.1) is 0 Å². The van der Waals surface area contributed by atoms with Gasteiger partial charge in [-0.3, -0.25) is 9.78 Å². The maximum atomic E-state index is 13.3. The first-order valence-electron chi connectivity index (χ1n) is 12.7. The van der Waals surface area contributed by atoms with Crippen molar-refractivity contribution in [2.75, 3.05) is 62.6 Å². The smallest absolute Gasteiger partial charge is 0.260 e. The molecule has 2 aliphatic heterocycles. The number of nitrogens with zero attached hydrogens (tertiary/aromatic N) is 5. The van der Waals surface area contributed by atoms with Gasteiger partial charge in [-0.1, -0.05) is 12.1 Å². The fourth-order valence-electron chi connectivity index (χ4n) is 4.93. The molecule has 2 N–H and O–H groups in total. The van der Waals surface area contributed by atoms with Crippen molar-refractivity contribution in [1.29, 1.82) is 0 Å². The number of rotatable bonds is 6. The molecule has 12 heteroatoms. The van der Waals surface area contributed by atoms with Crippen LogP contribution in [0.5, 0.6) is 0 Å². The first-order valence-corrected chi connectivity index (χ1v) is 12.7. The van der Waals surface area contributed by atoms with Crippen molar-refractivity contribution in [3.05, 3.63) is 42.7 Å². The molecule has 0 spiro atoms. The molecule has 3 aliphatic rings. The molecule has 1 amide bonds. The van der Waals surface area contributed by atoms with E-state index in [1.807, 2.05) is 30.3 Å². The molecule has 202 valence electrons. The summed E-state index contributed by atoms with van der Waals surface area (Å²) in [6.07, 6.45) is 3.07. The SMILES string of the molecule is O=C(C1CC1(F)F)N1CCN(c2ccc(-c3cc4nccnc4c(NC[C@@H]4CNCCO4)n3)cc2)CC1.S. The van der Waals surface area contributed by atoms with Crippen molar-refractivity contribution in [2.45, 2.75) is 18.4 Å². The number of halogens is 2. The number of benzene rings is 1. The zero-order valence-electron chi connectivity index (χ0n) is 20.9. The van der Waals surface area contributed by atoms with E-state index in [0.717, 1.165) is 35.6 Å². The summed E-state index contributed by atoms with van der Waals surface area (Å²) in [5, 5.41) is 6.73. The number of morpholine rings is 1. The summed E-state index contributed by atoms with van der Waals surface area (Å²) >= 11 is 0. The zero-order chi connectivity index (χ0) is 25.4. The summed E-state index contributed by atoms with van der Waals surface area (Å²) in [5.74, 6) is -3.69. The highest BCUT2D eigenvalue weighted by Crippen LogP contribution is 2.49. The van der Waals surface area contributed by atoms with Gasteiger partial charge in [0.05, 0.1) is 23.9 Å². The monoisotopic (exact) mass is 543 g/mol. The molecule has 1 aromatic carbocycles. The van der Waals surface area contributed by atoms with Crippen LogP contribution in [0.25, 0.3) is 22.3 Å². The number of hydrogen-bond donors (Lipinski definition) is 2. The van der Waals surface area contributed by atoms with Crippen molar-refractivity contribution >= 4 is 41.9 Å². The number of amides is 1. The highest BCUT2D eigenvalue weighted by molar-refractivity contribution is 7.59. The average Bonchev–Trinajstić information content (AvgIpc) is 3.59. The number of fused-ring (bicyclic) bond motifs is 1. The zero-order valence-corrected chi connectivity index (χ0v) is 21.9. The van der Waals surface area contributed by atoms with E-state index in [-0.39, 0.29) is 26.0 Å². The molecule has 6 rings (SSSR count). The van der Waals surface area contributed by atoms with E-state index in [0.29, 0.717) is 50.7 Å². The van der Waals surface area contributed by atoms with Gasteiger partial charge in [-0.2, -0.15) is 13.5 Å². The Balaban J connectivity index is 0.00000294. The number of carbonyl (C=O) groups is 1. The quantitative estimate of drug-likeness (QED) is 0.490. The Kier molecular flexibility index (Phi) is 7.64. The summed E-state index contributed by atoms with van der Waals surface area (Å²) in [5.41, 5.74) is 4.21. The predicted octanol–water partition coefficient (Wildman–Crippen LogP) is 2.51. The number of hydrogen-bond acceptors (Lipinski definition) is 8. The number of pyridine rings is 1. The second-order valence-corrected chi connectivity index (χ2v) is 9.73. The Morgan fingerprint density at radius 2 is 1.87 bits per heavy atom. The topological polar surface area (TPSA) is 95.5 Å². The van der Waals surface area contributed by atoms with Crippen LogP contribution in [0.2, 0.25) is 0 Å². The summed E-state index contributed by atoms with van der Waals surface area (Å²) < 4.78 is 32.3. The number of piperazine rings is 1. The van der Waals surface area contributed by atoms with E-state index >= 15 is 0 Å². The number of ether oxygens (including phenoxy) is 1. The van der Waals surface area contributed by atoms with Crippen LogP contribution in [0.4, 0.5) is 20.3 Å². The van der Waals surface area contributed by atoms with Crippen molar-refractivity contribution in [1.82, 2.24) is 25.2 Å². The normalized spacial score (nSPS) is 22.6. The van der Waals surface area contributed by atoms with E-state index < -0.39 is 17.7 Å². The third-order valence-electron chi connectivity index (χ3n) is 7.20. The first kappa shape index (κ1) is 26.5. The van der Waals surface area contributed by atoms with Crippen LogP contribution in [0.15, 0.2) is 42.7 Å². The van der Waals surface area contributed by atoms with E-state index in [9.17, 15) is 13.6 Å². The summed E-state index contributed by atoms with van der Waals surface area (Å²) in [7, 11) is 0. The standard InChI is InChI=1S/C26H29F2N7O2.H2S/c27-26(28)14-20(26)25(36)35-10-8-34(9-11-35)18-3-1-17(2-4-18)21-13-22-23(31-6-5-30-22)24(33-21)32-16-19-15-29-7-12-37-19;/h1-6,13,19-20,29H,7-12,14-16H2,(H,32,33);1H2/t19-,20?;/m0./s1. The van der Waals surface area contributed by atoms with Crippen LogP contribution < -0.4 is 15.5 Å². The van der Waals surface area contributed by atoms with Crippen LogP contribution in [0.1, 0.15) is 6.42 Å². The van der Waals surface area contributed by atoms with Gasteiger partial charge in [0.2, 0.25) is 5.91 Å². The lowest BCUT2D eigenvalue weighted by Crippen LogP contribution is -2.49. The summed E-state index contributed by atoms with van der Waals surface area (Å²) in [4.78, 5) is 29.8. The number of alkyl halides is 2. The Labute approximate surface area is 226 Å². The molecule has 2 saturated heterocycles. The van der Waals surface area contributed by atoms with Gasteiger partial charge >= 0.3 is 0 Å². The van der Waals surface area contributed by atoms with Crippen LogP contribution in [-0.2, 0) is 9.53 Å². The van der Waals surface area contributed by atoms with Crippen molar-refractivity contribution in [3.63, 3.8) is 0 Å². The van der Waals surface area contributed by atoms with Crippen molar-refractivity contribution in [3.8, 4) is 11.3 Å². The van der Waals surface area contributed by atoms with E-state index in [4.69, 9.17) is 9.72 Å². The van der Waals surface area contributed by atoms with Gasteiger partial charge in [0.25, 0.3) is 5.92 Å². The van der Waals surface area contributed by atoms with Crippen LogP contribution in [0, 0.1) is 5.92 Å². The number of aromatic nitrogens is 3. The number of carbonyl (C=O) groups excluding carboxylic acids is 1. The molecule has 3 aromatic rings. The maximum Gasteiger partial charge on any atom is 0.260 e. The minimum absolute atomic E-state index is 0. The van der Waals surface area contributed by atoms with Crippen LogP contribution in [-0.4, -0.2) is 90.2 Å². The van der Waals surface area contributed by atoms with Gasteiger partial charge in [0.15, 0.2) is 5.82 Å². The van der Waals surface area contributed by atoms with Crippen molar-refractivity contribution in [2.24, 2.45) is 5.92 Å². The molecule has 38 heavy (non-hydrogen) atoms. The van der Waals surface area contributed by atoms with Gasteiger partial charge in [-0.05, 0) is 18.2 Å². The van der Waals surface area contributed by atoms with Crippen molar-refractivity contribution < 1.29 is 18.3 Å². The fraction of sp³-hybridized carbons (Fsp3) is 0.462. The molecule has 0 radical (unpaired) electrons. The number of nitrogens with one attached hydrogen (secondary N) is 2. The average molecular weight is 544 g/mol. The second kappa shape index (κ2) is 11.0. The van der Waals surface area contributed by atoms with Gasteiger partial charge in [0, 0.05) is 75.9 Å². The molecule has 1 unspecified atom stereocenters. The molecular formula is C26H31F2N7O2S. The third-order valence-corrected chi connectivity index (χ3v) is 7.20. The molecule has 0 bridgehead atoms. The number of anilines is 2. The largest absolute Gasteiger partial charge is 0.374 e. The van der Waals surface area contributed by atoms with E-state index in [1.165, 1.54) is 0 Å². The van der Waals surface area contributed by atoms with Gasteiger partial charge < -0.3 is 25.2 Å². The Morgan fingerprint density at radius 1 is 1.13 bits per heavy atom. The van der Waals surface area contributed by atoms with E-state index in [2.05, 4.69) is 25.5 Å². The molecular weight excluding hydrogens is 512 g/mol. The summed E-state index contributed by atoms with van der Waals surface area (Å²) in [6.45, 7) is 5.07. The summed E-state index contributed by atoms with van der Waals surface area (Å²) in [6, 6.07) is 10.0. The minimum Gasteiger partial charge on any atom is -0.374 e. The molecule has 9 nitrogen and oxygen atoms in total. The Hall–Kier alpha value is -3.09. The highest BCUT2D eigenvalue weighted by Gasteiger charge is 2.62. The lowest BCUT2D eigenvalue weighted by molar-refractivity contribution is -0.135. The Morgan fingerprint density at radius 3 is 2.55 bits per heavy atom. The lowest BCUT2D eigenvalue weighted by atomic mass is 10.1. The molecule has 1 aliphatic carbocycles. The molecule has 2 aromatic heterocycles. The Bertz CT molecular complexity index is 1280. The third kappa shape index (κ3) is 5.52. The van der Waals surface area contributed by atoms with E-state index in [1.54, 1.807) is 17.3 Å². The molecule has 1 saturated carbocycles. The fourth-order valence-corrected chi connectivity index (χ4v) is 4.93. The first-order chi connectivity index (χ1) is 18.0. The lowest BCUT2D eigenvalue weighted by Gasteiger charge is -2.36. The van der Waals surface area contributed by atoms with Crippen LogP contribution >= 0.6 is 13.5 Å². The predicted molar refractivity (Wildman–Crippen MR) is 146 cm³/mol. The van der Waals surface area contributed by atoms with Crippen LogP contribution in [0.3, 0.4) is 0 Å². The second-order valence-electron chi connectivity index (χ2n) is 9.73.